The Kier molecular flexibility index (Phi) is 3.66. The van der Waals surface area contributed by atoms with Crippen molar-refractivity contribution in [3.8, 4) is 0 Å². The molecule has 18 heavy (non-hydrogen) atoms. The molecule has 0 amide bonds. The first-order valence-corrected chi connectivity index (χ1v) is 6.19. The van der Waals surface area contributed by atoms with Gasteiger partial charge in [-0.15, -0.1) is 11.8 Å². The van der Waals surface area contributed by atoms with E-state index in [1.807, 2.05) is 6.07 Å². The van der Waals surface area contributed by atoms with Crippen molar-refractivity contribution in [1.82, 2.24) is 9.78 Å². The van der Waals surface area contributed by atoms with Gasteiger partial charge in [0.25, 0.3) is 0 Å². The fourth-order valence-corrected chi connectivity index (χ4v) is 2.31. The average molecular weight is 266 g/mol. The summed E-state index contributed by atoms with van der Waals surface area (Å²) in [6.07, 6.45) is 1.81. The summed E-state index contributed by atoms with van der Waals surface area (Å²) in [6, 6.07) is 5.60. The van der Waals surface area contributed by atoms with Crippen LogP contribution in [0.25, 0.3) is 0 Å². The quantitative estimate of drug-likeness (QED) is 0.864. The highest BCUT2D eigenvalue weighted by atomic mass is 32.2. The van der Waals surface area contributed by atoms with Gasteiger partial charge in [0.05, 0.1) is 11.3 Å². The van der Waals surface area contributed by atoms with E-state index in [0.717, 1.165) is 5.69 Å². The van der Waals surface area contributed by atoms with Crippen molar-refractivity contribution in [2.24, 2.45) is 7.05 Å². The molecule has 0 aliphatic carbocycles. The monoisotopic (exact) mass is 266 g/mol. The second-order valence-electron chi connectivity index (χ2n) is 3.72. The maximum Gasteiger partial charge on any atom is 0.335 e. The van der Waals surface area contributed by atoms with Gasteiger partial charge in [-0.1, -0.05) is 0 Å². The minimum absolute atomic E-state index is 0.0833. The van der Waals surface area contributed by atoms with E-state index in [4.69, 9.17) is 5.11 Å². The summed E-state index contributed by atoms with van der Waals surface area (Å²) in [5.74, 6) is -0.975. The molecule has 4 nitrogen and oxygen atoms in total. The predicted octanol–water partition coefficient (Wildman–Crippen LogP) is 2.55. The lowest BCUT2D eigenvalue weighted by Crippen LogP contribution is -1.97. The number of aromatic carboxylic acids is 1. The Morgan fingerprint density at radius 2 is 2.28 bits per heavy atom. The number of benzene rings is 1. The van der Waals surface area contributed by atoms with Crippen LogP contribution in [0.2, 0.25) is 0 Å². The molecule has 0 atom stereocenters. The number of rotatable bonds is 4. The van der Waals surface area contributed by atoms with Crippen molar-refractivity contribution in [1.29, 1.82) is 0 Å². The highest BCUT2D eigenvalue weighted by molar-refractivity contribution is 7.98. The fourth-order valence-electron chi connectivity index (χ4n) is 1.44. The van der Waals surface area contributed by atoms with Crippen LogP contribution in [0.5, 0.6) is 0 Å². The van der Waals surface area contributed by atoms with Crippen molar-refractivity contribution < 1.29 is 14.3 Å². The van der Waals surface area contributed by atoms with Crippen molar-refractivity contribution in [2.75, 3.05) is 0 Å². The third-order valence-corrected chi connectivity index (χ3v) is 3.39. The van der Waals surface area contributed by atoms with Crippen LogP contribution in [0, 0.1) is 5.82 Å². The molecular formula is C12H11FN2O2S. The van der Waals surface area contributed by atoms with E-state index in [2.05, 4.69) is 5.10 Å². The Balaban J connectivity index is 2.13. The van der Waals surface area contributed by atoms with Gasteiger partial charge in [0.1, 0.15) is 5.82 Å². The molecule has 0 bridgehead atoms. The lowest BCUT2D eigenvalue weighted by Gasteiger charge is -2.03. The molecule has 0 spiro atoms. The van der Waals surface area contributed by atoms with Crippen LogP contribution in [0.4, 0.5) is 4.39 Å². The zero-order valence-corrected chi connectivity index (χ0v) is 10.4. The van der Waals surface area contributed by atoms with Gasteiger partial charge < -0.3 is 5.11 Å². The molecule has 0 aliphatic rings. The summed E-state index contributed by atoms with van der Waals surface area (Å²) in [4.78, 5) is 11.1. The molecule has 1 N–H and O–H groups in total. The van der Waals surface area contributed by atoms with Crippen LogP contribution in [-0.2, 0) is 12.8 Å². The molecule has 0 radical (unpaired) electrons. The molecule has 1 aromatic heterocycles. The van der Waals surface area contributed by atoms with Gasteiger partial charge in [-0.3, -0.25) is 4.68 Å². The van der Waals surface area contributed by atoms with Crippen molar-refractivity contribution >= 4 is 17.7 Å². The lowest BCUT2D eigenvalue weighted by molar-refractivity contribution is 0.0696. The second-order valence-corrected chi connectivity index (χ2v) is 4.74. The van der Waals surface area contributed by atoms with Gasteiger partial charge in [0.15, 0.2) is 0 Å². The third-order valence-electron chi connectivity index (χ3n) is 2.32. The van der Waals surface area contributed by atoms with E-state index < -0.39 is 11.8 Å². The number of carbonyl (C=O) groups is 1. The van der Waals surface area contributed by atoms with E-state index in [0.29, 0.717) is 10.6 Å². The van der Waals surface area contributed by atoms with E-state index >= 15 is 0 Å². The molecule has 2 aromatic rings. The first-order valence-electron chi connectivity index (χ1n) is 5.20. The fraction of sp³-hybridized carbons (Fsp3) is 0.167. The maximum atomic E-state index is 13.5. The molecule has 2 rings (SSSR count). The van der Waals surface area contributed by atoms with Crippen LogP contribution < -0.4 is 0 Å². The Hall–Kier alpha value is -1.82. The van der Waals surface area contributed by atoms with Crippen LogP contribution in [0.3, 0.4) is 0 Å². The van der Waals surface area contributed by atoms with Gasteiger partial charge in [-0.25, -0.2) is 9.18 Å². The van der Waals surface area contributed by atoms with Gasteiger partial charge in [-0.05, 0) is 24.3 Å². The summed E-state index contributed by atoms with van der Waals surface area (Å²) in [7, 11) is 1.81. The van der Waals surface area contributed by atoms with E-state index in [1.54, 1.807) is 17.9 Å². The van der Waals surface area contributed by atoms with Crippen LogP contribution in [0.1, 0.15) is 16.1 Å². The molecule has 0 unspecified atom stereocenters. The molecule has 0 aliphatic heterocycles. The predicted molar refractivity (Wildman–Crippen MR) is 66.1 cm³/mol. The summed E-state index contributed by atoms with van der Waals surface area (Å²) >= 11 is 1.23. The number of thioether (sulfide) groups is 1. The molecule has 1 aromatic carbocycles. The molecule has 0 fully saturated rings. The standard InChI is InChI=1S/C12H11FN2O2S/c1-15-5-4-9(14-15)7-18-11-6-8(12(16)17)2-3-10(11)13/h2-6H,7H2,1H3,(H,16,17). The molecule has 1 heterocycles. The van der Waals surface area contributed by atoms with Crippen LogP contribution in [-0.4, -0.2) is 20.9 Å². The van der Waals surface area contributed by atoms with Crippen LogP contribution >= 0.6 is 11.8 Å². The number of nitrogens with zero attached hydrogens (tertiary/aromatic N) is 2. The lowest BCUT2D eigenvalue weighted by atomic mass is 10.2. The highest BCUT2D eigenvalue weighted by Crippen LogP contribution is 2.26. The smallest absolute Gasteiger partial charge is 0.335 e. The molecule has 94 valence electrons. The summed E-state index contributed by atoms with van der Waals surface area (Å²) in [5, 5.41) is 13.0. The number of hydrogen-bond donors (Lipinski definition) is 1. The molecule has 6 heteroatoms. The Morgan fingerprint density at radius 3 is 2.89 bits per heavy atom. The third kappa shape index (κ3) is 2.89. The maximum absolute atomic E-state index is 13.5. The van der Waals surface area contributed by atoms with E-state index in [1.165, 1.54) is 30.0 Å². The van der Waals surface area contributed by atoms with Crippen molar-refractivity contribution in [3.05, 3.63) is 47.5 Å². The van der Waals surface area contributed by atoms with Gasteiger partial charge >= 0.3 is 5.97 Å². The van der Waals surface area contributed by atoms with Gasteiger partial charge in [0.2, 0.25) is 0 Å². The first kappa shape index (κ1) is 12.6. The Morgan fingerprint density at radius 1 is 1.50 bits per heavy atom. The van der Waals surface area contributed by atoms with E-state index in [9.17, 15) is 9.18 Å². The number of hydrogen-bond acceptors (Lipinski definition) is 3. The summed E-state index contributed by atoms with van der Waals surface area (Å²) < 4.78 is 15.2. The minimum atomic E-state index is -1.06. The summed E-state index contributed by atoms with van der Waals surface area (Å²) in [6.45, 7) is 0. The van der Waals surface area contributed by atoms with Gasteiger partial charge in [-0.2, -0.15) is 5.10 Å². The number of carboxylic acid groups (broad SMARTS) is 1. The number of halogens is 1. The zero-order chi connectivity index (χ0) is 13.1. The SMILES string of the molecule is Cn1ccc(CSc2cc(C(=O)O)ccc2F)n1. The van der Waals surface area contributed by atoms with E-state index in [-0.39, 0.29) is 5.56 Å². The normalized spacial score (nSPS) is 10.6. The van der Waals surface area contributed by atoms with Gasteiger partial charge in [0, 0.05) is 23.9 Å². The Labute approximate surface area is 107 Å². The van der Waals surface area contributed by atoms with Crippen molar-refractivity contribution in [3.63, 3.8) is 0 Å². The number of aryl methyl sites for hydroxylation is 1. The summed E-state index contributed by atoms with van der Waals surface area (Å²) in [5.41, 5.74) is 0.905. The average Bonchev–Trinajstić information content (AvgIpc) is 2.74. The Bertz CT molecular complexity index is 583. The number of aromatic nitrogens is 2. The van der Waals surface area contributed by atoms with Crippen molar-refractivity contribution in [2.45, 2.75) is 10.6 Å². The first-order chi connectivity index (χ1) is 8.56. The zero-order valence-electron chi connectivity index (χ0n) is 9.63. The number of carboxylic acids is 1. The van der Waals surface area contributed by atoms with Crippen LogP contribution in [0.15, 0.2) is 35.4 Å². The molecule has 0 saturated heterocycles. The highest BCUT2D eigenvalue weighted by Gasteiger charge is 2.09. The molecular weight excluding hydrogens is 255 g/mol. The minimum Gasteiger partial charge on any atom is -0.478 e. The topological polar surface area (TPSA) is 55.1 Å². The second kappa shape index (κ2) is 5.22. The largest absolute Gasteiger partial charge is 0.478 e. The molecule has 0 saturated carbocycles.